The Bertz CT molecular complexity index is 824. The number of thioether (sulfide) groups is 1. The highest BCUT2D eigenvalue weighted by molar-refractivity contribution is 7.99. The van der Waals surface area contributed by atoms with Gasteiger partial charge in [0.2, 0.25) is 11.9 Å². The summed E-state index contributed by atoms with van der Waals surface area (Å²) in [4.78, 5) is 14.8. The molecule has 0 bridgehead atoms. The number of rotatable bonds is 8. The van der Waals surface area contributed by atoms with E-state index in [0.29, 0.717) is 17.7 Å². The maximum atomic E-state index is 12.5. The number of anilines is 2. The molecule has 1 saturated carbocycles. The Hall–Kier alpha value is -2.02. The van der Waals surface area contributed by atoms with Gasteiger partial charge in [-0.1, -0.05) is 37.7 Å². The highest BCUT2D eigenvalue weighted by atomic mass is 32.2. The Labute approximate surface area is 177 Å². The third-order valence-electron chi connectivity index (χ3n) is 5.91. The van der Waals surface area contributed by atoms with Crippen LogP contribution >= 0.6 is 11.8 Å². The molecule has 2 aromatic rings. The molecule has 1 aliphatic heterocycles. The fourth-order valence-corrected chi connectivity index (χ4v) is 4.59. The summed E-state index contributed by atoms with van der Waals surface area (Å²) in [5.74, 6) is 1.88. The van der Waals surface area contributed by atoms with E-state index in [-0.39, 0.29) is 5.91 Å². The third kappa shape index (κ3) is 4.94. The lowest BCUT2D eigenvalue weighted by Crippen LogP contribution is -2.32. The predicted octanol–water partition coefficient (Wildman–Crippen LogP) is 4.85. The lowest BCUT2D eigenvalue weighted by molar-refractivity contribution is -0.113. The van der Waals surface area contributed by atoms with E-state index in [4.69, 9.17) is 0 Å². The van der Waals surface area contributed by atoms with Crippen LogP contribution in [0.25, 0.3) is 0 Å². The molecule has 29 heavy (non-hydrogen) atoms. The molecule has 1 unspecified atom stereocenters. The molecule has 1 saturated heterocycles. The molecule has 7 heteroatoms. The summed E-state index contributed by atoms with van der Waals surface area (Å²) in [7, 11) is 0. The second-order valence-electron chi connectivity index (χ2n) is 8.20. The lowest BCUT2D eigenvalue weighted by atomic mass is 9.99. The lowest BCUT2D eigenvalue weighted by Gasteiger charge is -2.27. The van der Waals surface area contributed by atoms with E-state index >= 15 is 0 Å². The molecule has 2 aliphatic rings. The molecule has 1 amide bonds. The smallest absolute Gasteiger partial charge is 0.234 e. The van der Waals surface area contributed by atoms with Crippen LogP contribution in [0, 0.1) is 0 Å². The van der Waals surface area contributed by atoms with E-state index < -0.39 is 0 Å². The summed E-state index contributed by atoms with van der Waals surface area (Å²) in [5, 5.41) is 12.8. The van der Waals surface area contributed by atoms with E-state index in [2.05, 4.69) is 51.0 Å². The van der Waals surface area contributed by atoms with Crippen LogP contribution in [0.2, 0.25) is 0 Å². The van der Waals surface area contributed by atoms with Crippen molar-refractivity contribution < 1.29 is 4.79 Å². The SMILES string of the molecule is CCC(C)c1ccc(NC(=O)CSc2nnc(N3CCCCC3)n2C2CC2)cc1. The summed E-state index contributed by atoms with van der Waals surface area (Å²) in [6.07, 6.45) is 7.22. The van der Waals surface area contributed by atoms with Gasteiger partial charge in [-0.25, -0.2) is 0 Å². The number of benzene rings is 1. The molecule has 6 nitrogen and oxygen atoms in total. The van der Waals surface area contributed by atoms with Crippen molar-refractivity contribution in [1.29, 1.82) is 0 Å². The summed E-state index contributed by atoms with van der Waals surface area (Å²) in [6, 6.07) is 8.69. The van der Waals surface area contributed by atoms with Gasteiger partial charge in [0.15, 0.2) is 5.16 Å². The number of carbonyl (C=O) groups is 1. The van der Waals surface area contributed by atoms with Crippen LogP contribution in [-0.2, 0) is 4.79 Å². The highest BCUT2D eigenvalue weighted by Crippen LogP contribution is 2.41. The maximum absolute atomic E-state index is 12.5. The first kappa shape index (κ1) is 20.3. The molecule has 2 heterocycles. The average Bonchev–Trinajstić information content (AvgIpc) is 3.51. The van der Waals surface area contributed by atoms with Crippen molar-refractivity contribution in [2.45, 2.75) is 69.5 Å². The second-order valence-corrected chi connectivity index (χ2v) is 9.14. The highest BCUT2D eigenvalue weighted by Gasteiger charge is 2.32. The van der Waals surface area contributed by atoms with Gasteiger partial charge in [0.05, 0.1) is 5.75 Å². The van der Waals surface area contributed by atoms with Crippen molar-refractivity contribution in [3.63, 3.8) is 0 Å². The van der Waals surface area contributed by atoms with Gasteiger partial charge in [0, 0.05) is 24.8 Å². The van der Waals surface area contributed by atoms with Crippen LogP contribution in [0.4, 0.5) is 11.6 Å². The first-order valence-corrected chi connectivity index (χ1v) is 11.9. The molecule has 156 valence electrons. The topological polar surface area (TPSA) is 63.1 Å². The van der Waals surface area contributed by atoms with Gasteiger partial charge in [-0.05, 0) is 62.1 Å². The zero-order valence-corrected chi connectivity index (χ0v) is 18.2. The van der Waals surface area contributed by atoms with Gasteiger partial charge >= 0.3 is 0 Å². The van der Waals surface area contributed by atoms with Crippen LogP contribution < -0.4 is 10.2 Å². The molecule has 0 radical (unpaired) electrons. The Morgan fingerprint density at radius 2 is 1.90 bits per heavy atom. The number of hydrogen-bond acceptors (Lipinski definition) is 5. The molecule has 1 atom stereocenters. The number of amides is 1. The zero-order chi connectivity index (χ0) is 20.2. The van der Waals surface area contributed by atoms with Gasteiger partial charge in [0.1, 0.15) is 0 Å². The van der Waals surface area contributed by atoms with Crippen molar-refractivity contribution in [1.82, 2.24) is 14.8 Å². The first-order valence-electron chi connectivity index (χ1n) is 10.9. The maximum Gasteiger partial charge on any atom is 0.234 e. The number of piperidine rings is 1. The minimum atomic E-state index is -0.00356. The van der Waals surface area contributed by atoms with Crippen molar-refractivity contribution in [3.8, 4) is 0 Å². The van der Waals surface area contributed by atoms with Crippen LogP contribution in [0.3, 0.4) is 0 Å². The molecule has 1 aliphatic carbocycles. The second kappa shape index (κ2) is 9.20. The van der Waals surface area contributed by atoms with E-state index in [0.717, 1.165) is 36.3 Å². The number of carbonyl (C=O) groups excluding carboxylic acids is 1. The van der Waals surface area contributed by atoms with Crippen molar-refractivity contribution in [2.75, 3.05) is 29.1 Å². The first-order chi connectivity index (χ1) is 14.2. The summed E-state index contributed by atoms with van der Waals surface area (Å²) < 4.78 is 2.27. The monoisotopic (exact) mass is 413 g/mol. The molecular formula is C22H31N5OS. The summed E-state index contributed by atoms with van der Waals surface area (Å²) in [5.41, 5.74) is 2.16. The van der Waals surface area contributed by atoms with E-state index in [1.165, 1.54) is 49.4 Å². The molecule has 1 N–H and O–H groups in total. The van der Waals surface area contributed by atoms with E-state index in [1.54, 1.807) is 0 Å². The largest absolute Gasteiger partial charge is 0.341 e. The normalized spacial score (nSPS) is 17.9. The van der Waals surface area contributed by atoms with Crippen LogP contribution in [0.1, 0.15) is 69.9 Å². The van der Waals surface area contributed by atoms with Gasteiger partial charge in [-0.3, -0.25) is 9.36 Å². The molecule has 2 fully saturated rings. The van der Waals surface area contributed by atoms with Crippen molar-refractivity contribution in [3.05, 3.63) is 29.8 Å². The Kier molecular flexibility index (Phi) is 6.43. The minimum Gasteiger partial charge on any atom is -0.341 e. The average molecular weight is 414 g/mol. The number of aromatic nitrogens is 3. The summed E-state index contributed by atoms with van der Waals surface area (Å²) in [6.45, 7) is 6.53. The number of hydrogen-bond donors (Lipinski definition) is 1. The van der Waals surface area contributed by atoms with Gasteiger partial charge in [0.25, 0.3) is 0 Å². The summed E-state index contributed by atoms with van der Waals surface area (Å²) >= 11 is 1.49. The quantitative estimate of drug-likeness (QED) is 0.627. The molecular weight excluding hydrogens is 382 g/mol. The Balaban J connectivity index is 1.36. The number of nitrogens with one attached hydrogen (secondary N) is 1. The predicted molar refractivity (Wildman–Crippen MR) is 119 cm³/mol. The van der Waals surface area contributed by atoms with Gasteiger partial charge < -0.3 is 10.2 Å². The van der Waals surface area contributed by atoms with Gasteiger partial charge in [-0.2, -0.15) is 0 Å². The third-order valence-corrected chi connectivity index (χ3v) is 6.85. The molecule has 4 rings (SSSR count). The molecule has 1 aromatic carbocycles. The Morgan fingerprint density at radius 3 is 2.55 bits per heavy atom. The van der Waals surface area contributed by atoms with Crippen LogP contribution in [0.5, 0.6) is 0 Å². The van der Waals surface area contributed by atoms with E-state index in [1.807, 2.05) is 12.1 Å². The fraction of sp³-hybridized carbons (Fsp3) is 0.591. The minimum absolute atomic E-state index is 0.00356. The molecule has 0 spiro atoms. The van der Waals surface area contributed by atoms with Crippen molar-refractivity contribution >= 4 is 29.3 Å². The van der Waals surface area contributed by atoms with E-state index in [9.17, 15) is 4.79 Å². The number of nitrogens with zero attached hydrogens (tertiary/aromatic N) is 4. The molecule has 1 aromatic heterocycles. The van der Waals surface area contributed by atoms with Crippen LogP contribution in [-0.4, -0.2) is 39.5 Å². The zero-order valence-electron chi connectivity index (χ0n) is 17.4. The van der Waals surface area contributed by atoms with Crippen LogP contribution in [0.15, 0.2) is 29.4 Å². The standard InChI is InChI=1S/C22H31N5OS/c1-3-16(2)17-7-9-18(10-8-17)23-20(28)15-29-22-25-24-21(27(22)19-11-12-19)26-13-5-4-6-14-26/h7-10,16,19H,3-6,11-15H2,1-2H3,(H,23,28). The van der Waals surface area contributed by atoms with Crippen molar-refractivity contribution in [2.24, 2.45) is 0 Å². The fourth-order valence-electron chi connectivity index (χ4n) is 3.79. The van der Waals surface area contributed by atoms with Gasteiger partial charge in [-0.15, -0.1) is 10.2 Å². The Morgan fingerprint density at radius 1 is 1.17 bits per heavy atom.